The molecule has 0 saturated carbocycles. The number of benzene rings is 2. The van der Waals surface area contributed by atoms with E-state index in [0.717, 1.165) is 5.56 Å². The zero-order valence-corrected chi connectivity index (χ0v) is 25.0. The van der Waals surface area contributed by atoms with Crippen LogP contribution in [0.5, 0.6) is 5.75 Å². The largest absolute Gasteiger partial charge is 0.486 e. The number of aliphatic hydroxyl groups is 1. The van der Waals surface area contributed by atoms with Crippen molar-refractivity contribution in [2.24, 2.45) is 13.0 Å². The molecule has 13 heteroatoms. The number of amides is 1. The molecule has 0 unspecified atom stereocenters. The van der Waals surface area contributed by atoms with Gasteiger partial charge in [0, 0.05) is 38.8 Å². The molecule has 216 valence electrons. The lowest BCUT2D eigenvalue weighted by atomic mass is 9.99. The van der Waals surface area contributed by atoms with E-state index in [9.17, 15) is 18.3 Å². The van der Waals surface area contributed by atoms with Gasteiger partial charge in [-0.05, 0) is 43.8 Å². The van der Waals surface area contributed by atoms with Gasteiger partial charge in [0.1, 0.15) is 6.10 Å². The van der Waals surface area contributed by atoms with Crippen LogP contribution < -0.4 is 9.46 Å². The summed E-state index contributed by atoms with van der Waals surface area (Å²) in [7, 11) is -0.454. The Morgan fingerprint density at radius 3 is 2.65 bits per heavy atom. The van der Waals surface area contributed by atoms with Crippen molar-refractivity contribution < 1.29 is 23.1 Å². The molecule has 4 rings (SSSR count). The number of fused-ring (bicyclic) bond motifs is 1. The number of hydrogen-bond donors (Lipinski definition) is 2. The second kappa shape index (κ2) is 12.4. The molecule has 0 bridgehead atoms. The fourth-order valence-electron chi connectivity index (χ4n) is 4.59. The minimum absolute atomic E-state index is 0.124. The van der Waals surface area contributed by atoms with Gasteiger partial charge in [-0.1, -0.05) is 42.3 Å². The second-order valence-electron chi connectivity index (χ2n) is 10.2. The Bertz CT molecular complexity index is 1480. The normalized spacial score (nSPS) is 18.6. The van der Waals surface area contributed by atoms with Gasteiger partial charge in [-0.3, -0.25) is 14.4 Å². The van der Waals surface area contributed by atoms with Gasteiger partial charge in [-0.2, -0.15) is 8.42 Å². The number of anilines is 1. The Morgan fingerprint density at radius 1 is 1.25 bits per heavy atom. The van der Waals surface area contributed by atoms with E-state index >= 15 is 0 Å². The van der Waals surface area contributed by atoms with Gasteiger partial charge in [0.05, 0.1) is 40.3 Å². The Kier molecular flexibility index (Phi) is 9.31. The third-order valence-corrected chi connectivity index (χ3v) is 8.81. The third kappa shape index (κ3) is 6.72. The summed E-state index contributed by atoms with van der Waals surface area (Å²) in [5, 5.41) is 10.7. The van der Waals surface area contributed by atoms with Crippen LogP contribution in [0.3, 0.4) is 0 Å². The molecule has 0 saturated heterocycles. The van der Waals surface area contributed by atoms with Crippen molar-refractivity contribution in [1.82, 2.24) is 19.4 Å². The van der Waals surface area contributed by atoms with Crippen LogP contribution in [0.1, 0.15) is 29.8 Å². The summed E-state index contributed by atoms with van der Waals surface area (Å²) in [6.07, 6.45) is 2.34. The Labute approximate surface area is 244 Å². The zero-order valence-electron chi connectivity index (χ0n) is 22.7. The highest BCUT2D eigenvalue weighted by molar-refractivity contribution is 7.92. The van der Waals surface area contributed by atoms with E-state index in [-0.39, 0.29) is 40.5 Å². The molecule has 1 aliphatic heterocycles. The summed E-state index contributed by atoms with van der Waals surface area (Å²) in [5.41, 5.74) is 1.29. The number of nitrogens with zero attached hydrogens (tertiary/aromatic N) is 4. The van der Waals surface area contributed by atoms with Crippen LogP contribution in [0.2, 0.25) is 10.0 Å². The molecule has 0 spiro atoms. The number of carbonyl (C=O) groups excluding carboxylic acids is 1. The van der Waals surface area contributed by atoms with Crippen molar-refractivity contribution in [1.29, 1.82) is 0 Å². The summed E-state index contributed by atoms with van der Waals surface area (Å²) >= 11 is 12.3. The molecule has 2 heterocycles. The molecule has 40 heavy (non-hydrogen) atoms. The van der Waals surface area contributed by atoms with E-state index in [2.05, 4.69) is 14.6 Å². The van der Waals surface area contributed by atoms with E-state index in [1.165, 1.54) is 17.1 Å². The number of aromatic nitrogens is 2. The predicted octanol–water partition coefficient (Wildman–Crippen LogP) is 3.88. The number of ether oxygens (including phenoxy) is 1. The van der Waals surface area contributed by atoms with E-state index < -0.39 is 22.2 Å². The molecule has 2 N–H and O–H groups in total. The zero-order chi connectivity index (χ0) is 29.2. The lowest BCUT2D eigenvalue weighted by Gasteiger charge is -2.38. The molecular formula is C27H33Cl2N5O5S. The van der Waals surface area contributed by atoms with Crippen molar-refractivity contribution in [2.75, 3.05) is 31.5 Å². The van der Waals surface area contributed by atoms with Crippen molar-refractivity contribution in [3.8, 4) is 5.75 Å². The standard InChI is InChI=1S/C27H33Cl2N5O5S/c1-17-11-34(18(2)15-35)27(36)20-6-5-7-23(31-40(37,38)25-14-33(4)16-30-25)26(20)39-24(17)13-32(3)12-19-8-9-21(28)22(29)10-19/h5-10,14,16-18,24,31,35H,11-13,15H2,1-4H3/t17-,18+,24+/m0/s1. The maximum atomic E-state index is 13.7. The Morgan fingerprint density at radius 2 is 2.00 bits per heavy atom. The average molecular weight is 611 g/mol. The minimum Gasteiger partial charge on any atom is -0.486 e. The summed E-state index contributed by atoms with van der Waals surface area (Å²) in [5.74, 6) is -0.394. The van der Waals surface area contributed by atoms with Crippen LogP contribution in [0.15, 0.2) is 53.9 Å². The van der Waals surface area contributed by atoms with E-state index in [4.69, 9.17) is 27.9 Å². The van der Waals surface area contributed by atoms with Crippen LogP contribution in [-0.4, -0.2) is 77.7 Å². The van der Waals surface area contributed by atoms with Crippen molar-refractivity contribution in [2.45, 2.75) is 37.6 Å². The summed E-state index contributed by atoms with van der Waals surface area (Å²) in [4.78, 5) is 21.3. The highest BCUT2D eigenvalue weighted by atomic mass is 35.5. The maximum Gasteiger partial charge on any atom is 0.281 e. The van der Waals surface area contributed by atoms with Gasteiger partial charge in [-0.15, -0.1) is 0 Å². The molecule has 2 aromatic carbocycles. The van der Waals surface area contributed by atoms with Crippen molar-refractivity contribution in [3.05, 3.63) is 70.1 Å². The molecule has 0 radical (unpaired) electrons. The molecule has 3 atom stereocenters. The van der Waals surface area contributed by atoms with Gasteiger partial charge < -0.3 is 19.3 Å². The topological polar surface area (TPSA) is 117 Å². The molecule has 1 aromatic heterocycles. The predicted molar refractivity (Wildman–Crippen MR) is 154 cm³/mol. The summed E-state index contributed by atoms with van der Waals surface area (Å²) in [6.45, 7) is 4.87. The molecule has 1 aliphatic rings. The number of halogens is 2. The fraction of sp³-hybridized carbons (Fsp3) is 0.407. The Balaban J connectivity index is 1.69. The van der Waals surface area contributed by atoms with Crippen LogP contribution in [0.25, 0.3) is 0 Å². The van der Waals surface area contributed by atoms with Crippen molar-refractivity contribution >= 4 is 44.8 Å². The van der Waals surface area contributed by atoms with Crippen LogP contribution in [0, 0.1) is 5.92 Å². The van der Waals surface area contributed by atoms with Crippen LogP contribution >= 0.6 is 23.2 Å². The first-order valence-corrected chi connectivity index (χ1v) is 15.0. The SMILES string of the molecule is C[C@H](CO)N1C[C@H](C)[C@@H](CN(C)Cc2ccc(Cl)c(Cl)c2)Oc2c(NS(=O)(=O)c3cn(C)cn3)cccc2C1=O. The fourth-order valence-corrected chi connectivity index (χ4v) is 5.95. The maximum absolute atomic E-state index is 13.7. The number of aryl methyl sites for hydroxylation is 1. The first kappa shape index (κ1) is 30.1. The molecule has 0 fully saturated rings. The molecule has 3 aromatic rings. The minimum atomic E-state index is -4.06. The number of rotatable bonds is 9. The van der Waals surface area contributed by atoms with E-state index in [1.54, 1.807) is 43.1 Å². The molecule has 0 aliphatic carbocycles. The van der Waals surface area contributed by atoms with Crippen molar-refractivity contribution in [3.63, 3.8) is 0 Å². The number of hydrogen-bond acceptors (Lipinski definition) is 7. The number of carbonyl (C=O) groups is 1. The quantitative estimate of drug-likeness (QED) is 0.378. The highest BCUT2D eigenvalue weighted by Crippen LogP contribution is 2.36. The summed E-state index contributed by atoms with van der Waals surface area (Å²) in [6, 6.07) is 9.74. The number of sulfonamides is 1. The Hall–Kier alpha value is -2.83. The number of para-hydroxylation sites is 1. The highest BCUT2D eigenvalue weighted by Gasteiger charge is 2.35. The van der Waals surface area contributed by atoms with Crippen LogP contribution in [0.4, 0.5) is 5.69 Å². The average Bonchev–Trinajstić information content (AvgIpc) is 3.35. The third-order valence-electron chi connectivity index (χ3n) is 6.82. The van der Waals surface area contributed by atoms with Gasteiger partial charge >= 0.3 is 0 Å². The number of imidazole rings is 1. The van der Waals surface area contributed by atoms with Gasteiger partial charge in [0.15, 0.2) is 10.8 Å². The first-order chi connectivity index (χ1) is 18.9. The molecule has 10 nitrogen and oxygen atoms in total. The van der Waals surface area contributed by atoms with E-state index in [1.807, 2.05) is 26.1 Å². The second-order valence-corrected chi connectivity index (χ2v) is 12.7. The number of aliphatic hydroxyl groups excluding tert-OH is 1. The number of nitrogens with one attached hydrogen (secondary N) is 1. The monoisotopic (exact) mass is 609 g/mol. The van der Waals surface area contributed by atoms with Gasteiger partial charge in [0.2, 0.25) is 0 Å². The number of likely N-dealkylation sites (N-methyl/N-ethyl adjacent to an activating group) is 1. The van der Waals surface area contributed by atoms with Crippen LogP contribution in [-0.2, 0) is 23.6 Å². The van der Waals surface area contributed by atoms with E-state index in [0.29, 0.717) is 29.7 Å². The van der Waals surface area contributed by atoms with Gasteiger partial charge in [-0.25, -0.2) is 4.98 Å². The summed E-state index contributed by atoms with van der Waals surface area (Å²) < 4.78 is 36.8. The lowest BCUT2D eigenvalue weighted by molar-refractivity contribution is 0.0344. The van der Waals surface area contributed by atoms with Gasteiger partial charge in [0.25, 0.3) is 15.9 Å². The molecular weight excluding hydrogens is 577 g/mol. The lowest BCUT2D eigenvalue weighted by Crippen LogP contribution is -2.49. The molecule has 1 amide bonds. The first-order valence-electron chi connectivity index (χ1n) is 12.7. The smallest absolute Gasteiger partial charge is 0.281 e.